The molecule has 0 saturated carbocycles. The van der Waals surface area contributed by atoms with Gasteiger partial charge >= 0.3 is 0 Å². The van der Waals surface area contributed by atoms with E-state index in [-0.39, 0.29) is 29.6 Å². The van der Waals surface area contributed by atoms with Crippen LogP contribution in [0.1, 0.15) is 24.8 Å². The Morgan fingerprint density at radius 1 is 1.18 bits per heavy atom. The number of nitrogens with zero attached hydrogens (tertiary/aromatic N) is 3. The van der Waals surface area contributed by atoms with E-state index in [1.54, 1.807) is 34.1 Å². The van der Waals surface area contributed by atoms with E-state index in [4.69, 9.17) is 17.3 Å². The number of carbonyl (C=O) groups is 2. The smallest absolute Gasteiger partial charge is 0.248 e. The van der Waals surface area contributed by atoms with Crippen LogP contribution < -0.4 is 15.5 Å². The molecular weight excluding hydrogens is 436 g/mol. The number of hydrogen-bond acceptors (Lipinski definition) is 5. The monoisotopic (exact) mass is 456 g/mol. The first-order valence-electron chi connectivity index (χ1n) is 10.7. The van der Waals surface area contributed by atoms with Crippen molar-refractivity contribution in [3.8, 4) is 6.07 Å². The van der Waals surface area contributed by atoms with Crippen LogP contribution in [0, 0.1) is 11.3 Å². The molecule has 7 heteroatoms. The predicted octanol–water partition coefficient (Wildman–Crippen LogP) is 4.33. The summed E-state index contributed by atoms with van der Waals surface area (Å²) in [6.45, 7) is 4.04. The van der Waals surface area contributed by atoms with E-state index in [9.17, 15) is 14.9 Å². The number of halogens is 1. The van der Waals surface area contributed by atoms with Crippen LogP contribution in [-0.4, -0.2) is 18.2 Å². The molecule has 2 aromatic carbocycles. The molecule has 0 saturated heterocycles. The van der Waals surface area contributed by atoms with Gasteiger partial charge in [0.1, 0.15) is 17.3 Å². The number of amides is 1. The molecular formula is C26H21ClN4O2. The van der Waals surface area contributed by atoms with Crippen molar-refractivity contribution in [2.45, 2.75) is 24.7 Å². The van der Waals surface area contributed by atoms with E-state index in [0.717, 1.165) is 0 Å². The minimum atomic E-state index is -1.57. The van der Waals surface area contributed by atoms with Crippen LogP contribution in [0.15, 0.2) is 83.9 Å². The fraction of sp³-hybridized carbons (Fsp3) is 0.192. The van der Waals surface area contributed by atoms with Gasteiger partial charge in [-0.3, -0.25) is 14.5 Å². The van der Waals surface area contributed by atoms with Gasteiger partial charge in [0.05, 0.1) is 5.57 Å². The topological polar surface area (TPSA) is 90.4 Å². The summed E-state index contributed by atoms with van der Waals surface area (Å²) in [5.41, 5.74) is 8.04. The normalized spacial score (nSPS) is 21.9. The lowest BCUT2D eigenvalue weighted by atomic mass is 9.64. The number of ketones is 1. The Kier molecular flexibility index (Phi) is 4.88. The molecule has 0 unspecified atom stereocenters. The molecule has 2 N–H and O–H groups in total. The molecule has 1 amide bonds. The van der Waals surface area contributed by atoms with E-state index in [0.29, 0.717) is 52.5 Å². The number of anilines is 2. The zero-order chi connectivity index (χ0) is 23.3. The van der Waals surface area contributed by atoms with E-state index in [2.05, 4.69) is 12.6 Å². The zero-order valence-corrected chi connectivity index (χ0v) is 18.6. The Hall–Kier alpha value is -3.82. The van der Waals surface area contributed by atoms with Gasteiger partial charge in [0.15, 0.2) is 5.78 Å². The van der Waals surface area contributed by atoms with Crippen molar-refractivity contribution in [3.05, 3.63) is 94.4 Å². The molecule has 1 spiro atoms. The molecule has 5 rings (SSSR count). The van der Waals surface area contributed by atoms with Gasteiger partial charge in [-0.25, -0.2) is 0 Å². The van der Waals surface area contributed by atoms with Gasteiger partial charge in [-0.1, -0.05) is 41.9 Å². The first-order valence-corrected chi connectivity index (χ1v) is 11.1. The number of nitriles is 1. The Morgan fingerprint density at radius 2 is 1.97 bits per heavy atom. The van der Waals surface area contributed by atoms with Gasteiger partial charge < -0.3 is 10.6 Å². The lowest BCUT2D eigenvalue weighted by Crippen LogP contribution is -2.52. The molecule has 1 aliphatic carbocycles. The maximum Gasteiger partial charge on any atom is 0.248 e. The lowest BCUT2D eigenvalue weighted by Gasteiger charge is -2.43. The van der Waals surface area contributed by atoms with Crippen molar-refractivity contribution in [3.63, 3.8) is 0 Å². The highest BCUT2D eigenvalue weighted by molar-refractivity contribution is 6.31. The third-order valence-corrected chi connectivity index (χ3v) is 6.79. The molecule has 2 heterocycles. The van der Waals surface area contributed by atoms with Crippen LogP contribution in [0.4, 0.5) is 11.4 Å². The number of hydrogen-bond donors (Lipinski definition) is 1. The fourth-order valence-electron chi connectivity index (χ4n) is 5.35. The summed E-state index contributed by atoms with van der Waals surface area (Å²) in [4.78, 5) is 31.0. The number of carbonyl (C=O) groups excluding carboxylic acids is 2. The summed E-state index contributed by atoms with van der Waals surface area (Å²) in [7, 11) is 0. The molecule has 164 valence electrons. The van der Waals surface area contributed by atoms with Gasteiger partial charge in [0.2, 0.25) is 5.91 Å². The highest BCUT2D eigenvalue weighted by Crippen LogP contribution is 2.56. The molecule has 1 atom stereocenters. The van der Waals surface area contributed by atoms with Crippen molar-refractivity contribution in [2.24, 2.45) is 5.73 Å². The molecule has 0 bridgehead atoms. The summed E-state index contributed by atoms with van der Waals surface area (Å²) in [5, 5.41) is 10.9. The first-order chi connectivity index (χ1) is 16.0. The van der Waals surface area contributed by atoms with Gasteiger partial charge in [0, 0.05) is 46.2 Å². The summed E-state index contributed by atoms with van der Waals surface area (Å²) in [5.74, 6) is -0.361. The number of Topliss-reactive ketones (excluding diaryl/α,β-unsaturated/α-hetero) is 1. The van der Waals surface area contributed by atoms with E-state index < -0.39 is 5.41 Å². The molecule has 0 radical (unpaired) electrons. The third kappa shape index (κ3) is 2.73. The molecule has 0 aromatic heterocycles. The van der Waals surface area contributed by atoms with Gasteiger partial charge in [0.25, 0.3) is 0 Å². The molecule has 33 heavy (non-hydrogen) atoms. The minimum absolute atomic E-state index is 0.0560. The van der Waals surface area contributed by atoms with Crippen molar-refractivity contribution >= 4 is 34.7 Å². The number of fused-ring (bicyclic) bond motifs is 3. The van der Waals surface area contributed by atoms with Crippen molar-refractivity contribution in [2.75, 3.05) is 16.3 Å². The average molecular weight is 457 g/mol. The van der Waals surface area contributed by atoms with Crippen LogP contribution in [0.2, 0.25) is 5.02 Å². The summed E-state index contributed by atoms with van der Waals surface area (Å²) in [6.07, 6.45) is 3.11. The Morgan fingerprint density at radius 3 is 2.70 bits per heavy atom. The van der Waals surface area contributed by atoms with E-state index >= 15 is 0 Å². The van der Waals surface area contributed by atoms with E-state index in [1.165, 1.54) is 0 Å². The second-order valence-corrected chi connectivity index (χ2v) is 8.69. The largest absolute Gasteiger partial charge is 0.384 e. The summed E-state index contributed by atoms with van der Waals surface area (Å²) >= 11 is 6.25. The lowest BCUT2D eigenvalue weighted by molar-refractivity contribution is -0.124. The van der Waals surface area contributed by atoms with Crippen LogP contribution in [-0.2, 0) is 15.0 Å². The Balaban J connectivity index is 1.89. The molecule has 2 aromatic rings. The van der Waals surface area contributed by atoms with Crippen LogP contribution in [0.25, 0.3) is 0 Å². The quantitative estimate of drug-likeness (QED) is 0.694. The van der Waals surface area contributed by atoms with Crippen molar-refractivity contribution < 1.29 is 9.59 Å². The summed E-state index contributed by atoms with van der Waals surface area (Å²) in [6, 6.07) is 16.6. The molecule has 6 nitrogen and oxygen atoms in total. The number of benzene rings is 2. The highest BCUT2D eigenvalue weighted by Gasteiger charge is 2.62. The number of nitrogens with two attached hydrogens (primary N) is 1. The predicted molar refractivity (Wildman–Crippen MR) is 127 cm³/mol. The van der Waals surface area contributed by atoms with Gasteiger partial charge in [-0.2, -0.15) is 5.26 Å². The fourth-order valence-corrected chi connectivity index (χ4v) is 5.53. The maximum absolute atomic E-state index is 14.2. The van der Waals surface area contributed by atoms with Crippen LogP contribution in [0.3, 0.4) is 0 Å². The molecule has 2 aliphatic heterocycles. The second-order valence-electron chi connectivity index (χ2n) is 8.26. The third-order valence-electron chi connectivity index (χ3n) is 6.56. The van der Waals surface area contributed by atoms with E-state index in [1.807, 2.05) is 30.3 Å². The average Bonchev–Trinajstić information content (AvgIpc) is 3.04. The van der Waals surface area contributed by atoms with Crippen molar-refractivity contribution in [1.29, 1.82) is 5.26 Å². The first kappa shape index (κ1) is 21.0. The maximum atomic E-state index is 14.2. The highest BCUT2D eigenvalue weighted by atomic mass is 35.5. The number of allylic oxidation sites excluding steroid dienone is 1. The number of para-hydroxylation sites is 1. The minimum Gasteiger partial charge on any atom is -0.384 e. The van der Waals surface area contributed by atoms with Gasteiger partial charge in [-0.05, 0) is 37.1 Å². The second kappa shape index (κ2) is 7.65. The Labute approximate surface area is 196 Å². The summed E-state index contributed by atoms with van der Waals surface area (Å²) < 4.78 is 0. The Bertz CT molecular complexity index is 1340. The molecule has 0 fully saturated rings. The van der Waals surface area contributed by atoms with Crippen LogP contribution >= 0.6 is 11.6 Å². The SMILES string of the molecule is C=CCN1C(=O)[C@@]2(C(C#N)=C(N)N(c3cccc(Cl)c3)C3=C2C(=O)CCC3)c2ccccc21. The van der Waals surface area contributed by atoms with Gasteiger partial charge in [-0.15, -0.1) is 6.58 Å². The molecule has 3 aliphatic rings. The van der Waals surface area contributed by atoms with Crippen LogP contribution in [0.5, 0.6) is 0 Å². The standard InChI is InChI=1S/C26H21ClN4O2/c1-2-13-30-20-10-4-3-9-18(20)26(25(30)33)19(15-28)24(29)31(17-8-5-7-16(27)14-17)21-11-6-12-22(32)23(21)26/h2-5,7-10,14H,1,6,11-13,29H2/t26-/m1/s1. The number of rotatable bonds is 3. The van der Waals surface area contributed by atoms with Crippen molar-refractivity contribution in [1.82, 2.24) is 0 Å². The zero-order valence-electron chi connectivity index (χ0n) is 17.8.